The number of nitrogens with one attached hydrogen (secondary N) is 1. The van der Waals surface area contributed by atoms with Crippen LogP contribution >= 0.6 is 11.6 Å². The number of fused-ring (bicyclic) bond motifs is 1. The average molecular weight is 278 g/mol. The molecule has 0 bridgehead atoms. The molecule has 2 aliphatic rings. The summed E-state index contributed by atoms with van der Waals surface area (Å²) >= 11 is 5.90. The van der Waals surface area contributed by atoms with Crippen molar-refractivity contribution >= 4 is 17.4 Å². The van der Waals surface area contributed by atoms with Gasteiger partial charge in [0.15, 0.2) is 0 Å². The second kappa shape index (κ2) is 5.51. The first-order chi connectivity index (χ1) is 9.24. The van der Waals surface area contributed by atoms with Crippen LogP contribution in [-0.2, 0) is 6.42 Å². The second-order valence-corrected chi connectivity index (χ2v) is 6.05. The van der Waals surface area contributed by atoms with Gasteiger partial charge in [-0.1, -0.05) is 23.7 Å². The largest absolute Gasteiger partial charge is 0.369 e. The van der Waals surface area contributed by atoms with E-state index in [-0.39, 0.29) is 0 Å². The second-order valence-electron chi connectivity index (χ2n) is 5.61. The van der Waals surface area contributed by atoms with Gasteiger partial charge in [-0.15, -0.1) is 0 Å². The van der Waals surface area contributed by atoms with E-state index in [4.69, 9.17) is 22.3 Å². The monoisotopic (exact) mass is 277 g/mol. The Kier molecular flexibility index (Phi) is 3.76. The van der Waals surface area contributed by atoms with Crippen LogP contribution in [0.2, 0.25) is 5.02 Å². The van der Waals surface area contributed by atoms with Crippen LogP contribution in [-0.4, -0.2) is 24.5 Å². The van der Waals surface area contributed by atoms with Gasteiger partial charge in [0, 0.05) is 17.5 Å². The number of aliphatic imine (C=N–C) groups is 1. The maximum absolute atomic E-state index is 5.90. The van der Waals surface area contributed by atoms with Crippen LogP contribution in [0.4, 0.5) is 0 Å². The van der Waals surface area contributed by atoms with E-state index in [9.17, 15) is 0 Å². The molecule has 1 saturated carbocycles. The Bertz CT molecular complexity index is 469. The van der Waals surface area contributed by atoms with Gasteiger partial charge in [-0.05, 0) is 49.4 Å². The summed E-state index contributed by atoms with van der Waals surface area (Å²) in [5.74, 6) is 1.79. The minimum absolute atomic E-state index is 0.463. The molecular weight excluding hydrogens is 258 g/mol. The van der Waals surface area contributed by atoms with Crippen molar-refractivity contribution in [1.29, 1.82) is 0 Å². The summed E-state index contributed by atoms with van der Waals surface area (Å²) in [6.45, 7) is 0.803. The van der Waals surface area contributed by atoms with Gasteiger partial charge in [0.2, 0.25) is 0 Å². The van der Waals surface area contributed by atoms with E-state index in [1.807, 2.05) is 12.1 Å². The molecule has 1 heterocycles. The lowest BCUT2D eigenvalue weighted by Crippen LogP contribution is -2.41. The van der Waals surface area contributed by atoms with Crippen molar-refractivity contribution in [3.05, 3.63) is 34.9 Å². The van der Waals surface area contributed by atoms with Gasteiger partial charge >= 0.3 is 0 Å². The molecule has 0 spiro atoms. The molecule has 19 heavy (non-hydrogen) atoms. The number of rotatable bonds is 3. The maximum atomic E-state index is 5.90. The van der Waals surface area contributed by atoms with E-state index in [1.54, 1.807) is 0 Å². The van der Waals surface area contributed by atoms with Crippen molar-refractivity contribution < 1.29 is 0 Å². The third kappa shape index (κ3) is 2.93. The Labute approximate surface area is 119 Å². The fourth-order valence-electron chi connectivity index (χ4n) is 3.11. The number of halogens is 1. The highest BCUT2D eigenvalue weighted by Gasteiger charge is 2.34. The Balaban J connectivity index is 1.63. The van der Waals surface area contributed by atoms with E-state index in [2.05, 4.69) is 17.4 Å². The summed E-state index contributed by atoms with van der Waals surface area (Å²) in [5, 5.41) is 4.36. The third-order valence-electron chi connectivity index (χ3n) is 4.21. The van der Waals surface area contributed by atoms with Gasteiger partial charge in [-0.2, -0.15) is 0 Å². The molecule has 3 N–H and O–H groups in total. The molecule has 1 aromatic carbocycles. The Morgan fingerprint density at radius 3 is 2.79 bits per heavy atom. The molecule has 1 aliphatic carbocycles. The Hall–Kier alpha value is -1.06. The molecule has 0 radical (unpaired) electrons. The van der Waals surface area contributed by atoms with Crippen LogP contribution < -0.4 is 11.1 Å². The van der Waals surface area contributed by atoms with Crippen LogP contribution in [0.15, 0.2) is 29.3 Å². The van der Waals surface area contributed by atoms with Crippen LogP contribution in [0.3, 0.4) is 0 Å². The molecular formula is C15H20ClN3. The zero-order valence-corrected chi connectivity index (χ0v) is 11.7. The standard InChI is InChI=1S/C15H20ClN3/c16-12-4-1-10(2-5-12)8-15-18-13-6-3-11(9-17)7-14(13)19-15/h1-2,4-5,11,13-14H,3,6-9,17H2,(H,18,19). The minimum Gasteiger partial charge on any atom is -0.369 e. The van der Waals surface area contributed by atoms with Gasteiger partial charge < -0.3 is 11.1 Å². The highest BCUT2D eigenvalue weighted by molar-refractivity contribution is 6.30. The SMILES string of the molecule is NCC1CCC2N=C(Cc3ccc(Cl)cc3)NC2C1. The summed E-state index contributed by atoms with van der Waals surface area (Å²) in [6, 6.07) is 8.97. The van der Waals surface area contributed by atoms with Crippen molar-refractivity contribution in [1.82, 2.24) is 5.32 Å². The van der Waals surface area contributed by atoms with Gasteiger partial charge in [0.1, 0.15) is 5.84 Å². The van der Waals surface area contributed by atoms with Gasteiger partial charge in [-0.25, -0.2) is 0 Å². The van der Waals surface area contributed by atoms with Crippen molar-refractivity contribution in [2.45, 2.75) is 37.8 Å². The van der Waals surface area contributed by atoms with Gasteiger partial charge in [0.25, 0.3) is 0 Å². The van der Waals surface area contributed by atoms with Crippen LogP contribution in [0, 0.1) is 5.92 Å². The summed E-state index contributed by atoms with van der Waals surface area (Å²) in [5.41, 5.74) is 7.04. The van der Waals surface area contributed by atoms with Crippen molar-refractivity contribution in [3.8, 4) is 0 Å². The minimum atomic E-state index is 0.463. The predicted octanol–water partition coefficient (Wildman–Crippen LogP) is 2.38. The lowest BCUT2D eigenvalue weighted by atomic mass is 9.83. The number of hydrogen-bond acceptors (Lipinski definition) is 3. The Morgan fingerprint density at radius 2 is 2.05 bits per heavy atom. The molecule has 1 aromatic rings. The average Bonchev–Trinajstić information content (AvgIpc) is 2.82. The summed E-state index contributed by atoms with van der Waals surface area (Å²) in [4.78, 5) is 4.83. The zero-order chi connectivity index (χ0) is 13.2. The van der Waals surface area contributed by atoms with Crippen molar-refractivity contribution in [3.63, 3.8) is 0 Å². The lowest BCUT2D eigenvalue weighted by Gasteiger charge is -2.29. The molecule has 3 rings (SSSR count). The number of amidine groups is 1. The molecule has 4 heteroatoms. The van der Waals surface area contributed by atoms with E-state index in [1.165, 1.54) is 18.4 Å². The third-order valence-corrected chi connectivity index (χ3v) is 4.47. The van der Waals surface area contributed by atoms with Crippen LogP contribution in [0.5, 0.6) is 0 Å². The van der Waals surface area contributed by atoms with Crippen molar-refractivity contribution in [2.24, 2.45) is 16.6 Å². The number of nitrogens with two attached hydrogens (primary N) is 1. The maximum Gasteiger partial charge on any atom is 0.101 e. The number of nitrogens with zero attached hydrogens (tertiary/aromatic N) is 1. The molecule has 102 valence electrons. The molecule has 0 saturated heterocycles. The van der Waals surface area contributed by atoms with Gasteiger partial charge in [0.05, 0.1) is 6.04 Å². The topological polar surface area (TPSA) is 50.4 Å². The van der Waals surface area contributed by atoms with E-state index >= 15 is 0 Å². The molecule has 1 aliphatic heterocycles. The molecule has 0 aromatic heterocycles. The fraction of sp³-hybridized carbons (Fsp3) is 0.533. The highest BCUT2D eigenvalue weighted by Crippen LogP contribution is 2.29. The molecule has 3 nitrogen and oxygen atoms in total. The first-order valence-electron chi connectivity index (χ1n) is 7.02. The molecule has 1 fully saturated rings. The zero-order valence-electron chi connectivity index (χ0n) is 11.0. The quantitative estimate of drug-likeness (QED) is 0.891. The van der Waals surface area contributed by atoms with Crippen molar-refractivity contribution in [2.75, 3.05) is 6.54 Å². The van der Waals surface area contributed by atoms with Gasteiger partial charge in [-0.3, -0.25) is 4.99 Å². The molecule has 3 atom stereocenters. The number of benzene rings is 1. The van der Waals surface area contributed by atoms with Crippen LogP contribution in [0.1, 0.15) is 24.8 Å². The normalized spacial score (nSPS) is 29.6. The smallest absolute Gasteiger partial charge is 0.101 e. The summed E-state index contributed by atoms with van der Waals surface area (Å²) in [6.07, 6.45) is 4.42. The van der Waals surface area contributed by atoms with Crippen LogP contribution in [0.25, 0.3) is 0 Å². The Morgan fingerprint density at radius 1 is 1.26 bits per heavy atom. The van der Waals surface area contributed by atoms with E-state index < -0.39 is 0 Å². The lowest BCUT2D eigenvalue weighted by molar-refractivity contribution is 0.294. The fourth-order valence-corrected chi connectivity index (χ4v) is 3.24. The van der Waals surface area contributed by atoms with E-state index in [0.717, 1.165) is 30.2 Å². The number of hydrogen-bond donors (Lipinski definition) is 2. The summed E-state index contributed by atoms with van der Waals surface area (Å²) < 4.78 is 0. The predicted molar refractivity (Wildman–Crippen MR) is 79.7 cm³/mol. The first-order valence-corrected chi connectivity index (χ1v) is 7.40. The van der Waals surface area contributed by atoms with E-state index in [0.29, 0.717) is 18.0 Å². The molecule has 0 amide bonds. The molecule has 3 unspecified atom stereocenters. The first kappa shape index (κ1) is 12.9. The summed E-state index contributed by atoms with van der Waals surface area (Å²) in [7, 11) is 0. The highest BCUT2D eigenvalue weighted by atomic mass is 35.5.